The first-order chi connectivity index (χ1) is 12.7. The van der Waals surface area contributed by atoms with E-state index in [0.29, 0.717) is 22.8 Å². The van der Waals surface area contributed by atoms with Gasteiger partial charge in [-0.2, -0.15) is 13.2 Å². The number of aliphatic carboxylic acids is 1. The average molecular weight is 490 g/mol. The molecule has 0 bridgehead atoms. The van der Waals surface area contributed by atoms with Gasteiger partial charge in [0.25, 0.3) is 0 Å². The van der Waals surface area contributed by atoms with Crippen molar-refractivity contribution in [1.29, 1.82) is 0 Å². The summed E-state index contributed by atoms with van der Waals surface area (Å²) in [7, 11) is 0. The lowest BCUT2D eigenvalue weighted by atomic mass is 10.0. The van der Waals surface area contributed by atoms with E-state index in [0.717, 1.165) is 11.6 Å². The standard InChI is InChI=1S/C19H14F3IO4/c1-8-11(7-23)12(19(20,21)22)4-5-13(8)26-9-2-3-10-14(6-9)27-17-15(10)16(17)18(24)25/h2-6,15-17H,7H2,1H3,(H,24,25)/t15?,16?,17-/m1/s1. The molecule has 142 valence electrons. The van der Waals surface area contributed by atoms with Gasteiger partial charge in [-0.3, -0.25) is 4.79 Å². The van der Waals surface area contributed by atoms with Crippen molar-refractivity contribution in [2.24, 2.45) is 5.92 Å². The Kier molecular flexibility index (Phi) is 4.28. The fraction of sp³-hybridized carbons (Fsp3) is 0.316. The number of ether oxygens (including phenoxy) is 2. The van der Waals surface area contributed by atoms with Crippen molar-refractivity contribution in [1.82, 2.24) is 0 Å². The summed E-state index contributed by atoms with van der Waals surface area (Å²) in [5.41, 5.74) is 0.814. The van der Waals surface area contributed by atoms with Gasteiger partial charge in [-0.05, 0) is 36.2 Å². The molecule has 0 aromatic heterocycles. The summed E-state index contributed by atoms with van der Waals surface area (Å²) in [6, 6.07) is 7.45. The smallest absolute Gasteiger partial charge is 0.416 e. The second kappa shape index (κ2) is 6.29. The first-order valence-electron chi connectivity index (χ1n) is 8.19. The molecule has 1 aliphatic carbocycles. The summed E-state index contributed by atoms with van der Waals surface area (Å²) in [6.45, 7) is 1.61. The van der Waals surface area contributed by atoms with Crippen LogP contribution in [0.3, 0.4) is 0 Å². The van der Waals surface area contributed by atoms with E-state index in [9.17, 15) is 18.0 Å². The van der Waals surface area contributed by atoms with Crippen molar-refractivity contribution in [3.05, 3.63) is 52.6 Å². The van der Waals surface area contributed by atoms with E-state index in [4.69, 9.17) is 14.6 Å². The van der Waals surface area contributed by atoms with Crippen LogP contribution in [0.1, 0.15) is 28.2 Å². The van der Waals surface area contributed by atoms with E-state index in [1.807, 2.05) is 22.6 Å². The Morgan fingerprint density at radius 3 is 2.67 bits per heavy atom. The number of fused-ring (bicyclic) bond motifs is 3. The zero-order valence-electron chi connectivity index (χ0n) is 14.0. The average Bonchev–Trinajstić information content (AvgIpc) is 3.18. The van der Waals surface area contributed by atoms with Crippen LogP contribution in [0.25, 0.3) is 0 Å². The van der Waals surface area contributed by atoms with Crippen LogP contribution in [0.2, 0.25) is 0 Å². The maximum Gasteiger partial charge on any atom is 0.416 e. The Morgan fingerprint density at radius 2 is 2.04 bits per heavy atom. The third-order valence-electron chi connectivity index (χ3n) is 5.06. The molecule has 2 aromatic rings. The highest BCUT2D eigenvalue weighted by Crippen LogP contribution is 2.59. The number of carboxylic acid groups (broad SMARTS) is 1. The lowest BCUT2D eigenvalue weighted by molar-refractivity contribution is -0.139. The van der Waals surface area contributed by atoms with Gasteiger partial charge in [-0.15, -0.1) is 0 Å². The molecular weight excluding hydrogens is 476 g/mol. The lowest BCUT2D eigenvalue weighted by Crippen LogP contribution is -2.10. The minimum Gasteiger partial charge on any atom is -0.488 e. The van der Waals surface area contributed by atoms with Crippen molar-refractivity contribution >= 4 is 28.6 Å². The Balaban J connectivity index is 1.60. The molecule has 0 radical (unpaired) electrons. The third kappa shape index (κ3) is 3.03. The molecule has 1 N–H and O–H groups in total. The van der Waals surface area contributed by atoms with Gasteiger partial charge in [0, 0.05) is 22.0 Å². The minimum absolute atomic E-state index is 0.134. The minimum atomic E-state index is -4.41. The molecule has 1 heterocycles. The van der Waals surface area contributed by atoms with Gasteiger partial charge >= 0.3 is 12.1 Å². The highest BCUT2D eigenvalue weighted by molar-refractivity contribution is 14.1. The fourth-order valence-electron chi connectivity index (χ4n) is 3.61. The molecule has 8 heteroatoms. The molecule has 1 aliphatic heterocycles. The molecule has 0 spiro atoms. The molecule has 2 aromatic carbocycles. The number of carbonyl (C=O) groups is 1. The van der Waals surface area contributed by atoms with Gasteiger partial charge in [0.05, 0.1) is 5.56 Å². The molecule has 3 atom stereocenters. The molecule has 2 unspecified atom stereocenters. The third-order valence-corrected chi connectivity index (χ3v) is 5.82. The first kappa shape index (κ1) is 18.4. The van der Waals surface area contributed by atoms with Crippen LogP contribution in [-0.2, 0) is 15.4 Å². The van der Waals surface area contributed by atoms with Crippen molar-refractivity contribution < 1.29 is 32.5 Å². The molecule has 4 rings (SSSR count). The van der Waals surface area contributed by atoms with Gasteiger partial charge in [0.1, 0.15) is 29.3 Å². The van der Waals surface area contributed by atoms with Crippen molar-refractivity contribution in [2.45, 2.75) is 29.5 Å². The van der Waals surface area contributed by atoms with Crippen LogP contribution in [0, 0.1) is 12.8 Å². The van der Waals surface area contributed by atoms with E-state index >= 15 is 0 Å². The van der Waals surface area contributed by atoms with E-state index in [-0.39, 0.29) is 22.0 Å². The molecule has 1 saturated carbocycles. The predicted octanol–water partition coefficient (Wildman–Crippen LogP) is 5.30. The SMILES string of the molecule is Cc1c(Oc2ccc3c(c2)O[C@H]2C(C(=O)O)C32)ccc(C(F)(F)F)c1CI. The van der Waals surface area contributed by atoms with Gasteiger partial charge in [0.2, 0.25) is 0 Å². The van der Waals surface area contributed by atoms with E-state index in [1.54, 1.807) is 25.1 Å². The van der Waals surface area contributed by atoms with Gasteiger partial charge in [0.15, 0.2) is 0 Å². The van der Waals surface area contributed by atoms with Crippen molar-refractivity contribution in [2.75, 3.05) is 0 Å². The van der Waals surface area contributed by atoms with Gasteiger partial charge < -0.3 is 14.6 Å². The van der Waals surface area contributed by atoms with Crippen LogP contribution in [-0.4, -0.2) is 17.2 Å². The van der Waals surface area contributed by atoms with Crippen LogP contribution in [0.5, 0.6) is 17.2 Å². The summed E-state index contributed by atoms with van der Waals surface area (Å²) in [5, 5.41) is 9.11. The Bertz CT molecular complexity index is 941. The number of carboxylic acids is 1. The Morgan fingerprint density at radius 1 is 1.30 bits per heavy atom. The maximum absolute atomic E-state index is 13.2. The highest BCUT2D eigenvalue weighted by atomic mass is 127. The highest BCUT2D eigenvalue weighted by Gasteiger charge is 2.63. The van der Waals surface area contributed by atoms with Crippen molar-refractivity contribution in [3.63, 3.8) is 0 Å². The summed E-state index contributed by atoms with van der Waals surface area (Å²) >= 11 is 1.91. The fourth-order valence-corrected chi connectivity index (χ4v) is 4.59. The largest absolute Gasteiger partial charge is 0.488 e. The van der Waals surface area contributed by atoms with Crippen LogP contribution in [0.4, 0.5) is 13.2 Å². The van der Waals surface area contributed by atoms with E-state index in [1.165, 1.54) is 6.07 Å². The number of alkyl halides is 4. The summed E-state index contributed by atoms with van der Waals surface area (Å²) in [4.78, 5) is 11.1. The van der Waals surface area contributed by atoms with Crippen LogP contribution in [0.15, 0.2) is 30.3 Å². The molecule has 0 saturated heterocycles. The lowest BCUT2D eigenvalue weighted by Gasteiger charge is -2.17. The first-order valence-corrected chi connectivity index (χ1v) is 9.72. The summed E-state index contributed by atoms with van der Waals surface area (Å²) in [6.07, 6.45) is -4.75. The zero-order valence-corrected chi connectivity index (χ0v) is 16.2. The number of halogens is 4. The number of benzene rings is 2. The van der Waals surface area contributed by atoms with Crippen molar-refractivity contribution in [3.8, 4) is 17.2 Å². The monoisotopic (exact) mass is 490 g/mol. The molecular formula is C19H14F3IO4. The normalized spacial score (nSPS) is 22.6. The quantitative estimate of drug-likeness (QED) is 0.467. The van der Waals surface area contributed by atoms with E-state index in [2.05, 4.69) is 0 Å². The topological polar surface area (TPSA) is 55.8 Å². The maximum atomic E-state index is 13.2. The van der Waals surface area contributed by atoms with Crippen LogP contribution >= 0.6 is 22.6 Å². The Labute approximate surface area is 166 Å². The second-order valence-corrected chi connectivity index (χ2v) is 7.38. The summed E-state index contributed by atoms with van der Waals surface area (Å²) < 4.78 is 51.1. The Hall–Kier alpha value is -1.97. The number of hydrogen-bond acceptors (Lipinski definition) is 3. The second-order valence-electron chi connectivity index (χ2n) is 6.62. The number of hydrogen-bond donors (Lipinski definition) is 1. The van der Waals surface area contributed by atoms with Gasteiger partial charge in [-0.25, -0.2) is 0 Å². The molecule has 27 heavy (non-hydrogen) atoms. The number of rotatable bonds is 4. The molecule has 4 nitrogen and oxygen atoms in total. The molecule has 1 fully saturated rings. The summed E-state index contributed by atoms with van der Waals surface area (Å²) in [5.74, 6) is -0.163. The van der Waals surface area contributed by atoms with Gasteiger partial charge in [-0.1, -0.05) is 28.7 Å². The van der Waals surface area contributed by atoms with E-state index < -0.39 is 23.6 Å². The molecule has 2 aliphatic rings. The predicted molar refractivity (Wildman–Crippen MR) is 98.7 cm³/mol. The zero-order chi connectivity index (χ0) is 19.5. The van der Waals surface area contributed by atoms with Crippen LogP contribution < -0.4 is 9.47 Å². The molecule has 0 amide bonds.